The molecule has 0 spiro atoms. The molecule has 3 N–H and O–H groups in total. The second-order valence-corrected chi connectivity index (χ2v) is 11.7. The van der Waals surface area contributed by atoms with Crippen LogP contribution in [0.2, 0.25) is 0 Å². The lowest BCUT2D eigenvalue weighted by atomic mass is 9.90. The summed E-state index contributed by atoms with van der Waals surface area (Å²) in [6.07, 6.45) is 3.98. The highest BCUT2D eigenvalue weighted by Gasteiger charge is 2.40. The van der Waals surface area contributed by atoms with E-state index in [9.17, 15) is 14.7 Å². The molecule has 1 amide bonds. The SMILES string of the molecule is C[C@@H]1[C@H](CN2CCC[C@H]2CN2CCCC2)O[C@H](c2ccc(NC(=O)CCC(=O)O)cc2)O[C@@H]1c1ccc(CO)cc1. The molecule has 0 saturated carbocycles. The lowest BCUT2D eigenvalue weighted by Crippen LogP contribution is -2.48. The van der Waals surface area contributed by atoms with Crippen molar-refractivity contribution in [1.82, 2.24) is 9.80 Å². The van der Waals surface area contributed by atoms with Crippen molar-refractivity contribution in [2.45, 2.75) is 76.6 Å². The van der Waals surface area contributed by atoms with Crippen molar-refractivity contribution in [2.75, 3.05) is 38.0 Å². The van der Waals surface area contributed by atoms with Gasteiger partial charge in [-0.05, 0) is 68.6 Å². The number of benzene rings is 2. The molecule has 9 nitrogen and oxygen atoms in total. The Kier molecular flexibility index (Phi) is 10.1. The van der Waals surface area contributed by atoms with Crippen molar-refractivity contribution in [3.8, 4) is 0 Å². The number of carboxylic acid groups (broad SMARTS) is 1. The van der Waals surface area contributed by atoms with Gasteiger partial charge in [-0.15, -0.1) is 0 Å². The number of aliphatic hydroxyl groups excluding tert-OH is 1. The summed E-state index contributed by atoms with van der Waals surface area (Å²) >= 11 is 0. The van der Waals surface area contributed by atoms with Crippen molar-refractivity contribution >= 4 is 17.6 Å². The van der Waals surface area contributed by atoms with E-state index in [-0.39, 0.29) is 43.5 Å². The van der Waals surface area contributed by atoms with Gasteiger partial charge in [-0.1, -0.05) is 43.3 Å². The molecule has 3 aliphatic rings. The van der Waals surface area contributed by atoms with Crippen LogP contribution in [0.5, 0.6) is 0 Å². The van der Waals surface area contributed by atoms with Crippen LogP contribution in [-0.4, -0.2) is 76.8 Å². The zero-order chi connectivity index (χ0) is 28.8. The summed E-state index contributed by atoms with van der Waals surface area (Å²) in [5.74, 6) is -1.21. The van der Waals surface area contributed by atoms with E-state index >= 15 is 0 Å². The molecule has 3 aliphatic heterocycles. The largest absolute Gasteiger partial charge is 0.481 e. The summed E-state index contributed by atoms with van der Waals surface area (Å²) in [6.45, 7) is 7.68. The lowest BCUT2D eigenvalue weighted by Gasteiger charge is -2.43. The smallest absolute Gasteiger partial charge is 0.303 e. The highest BCUT2D eigenvalue weighted by atomic mass is 16.7. The first-order valence-electron chi connectivity index (χ1n) is 15.0. The van der Waals surface area contributed by atoms with E-state index in [1.165, 1.54) is 38.8 Å². The normalized spacial score (nSPS) is 27.2. The Balaban J connectivity index is 1.31. The van der Waals surface area contributed by atoms with Gasteiger partial charge in [0.15, 0.2) is 6.29 Å². The van der Waals surface area contributed by atoms with Gasteiger partial charge in [0.05, 0.1) is 25.2 Å². The molecule has 3 heterocycles. The van der Waals surface area contributed by atoms with Crippen LogP contribution in [-0.2, 0) is 25.7 Å². The van der Waals surface area contributed by atoms with Crippen molar-refractivity contribution in [3.63, 3.8) is 0 Å². The van der Waals surface area contributed by atoms with Gasteiger partial charge in [-0.25, -0.2) is 0 Å². The number of hydrogen-bond donors (Lipinski definition) is 3. The summed E-state index contributed by atoms with van der Waals surface area (Å²) < 4.78 is 13.3. The summed E-state index contributed by atoms with van der Waals surface area (Å²) in [5.41, 5.74) is 3.38. The fourth-order valence-electron chi connectivity index (χ4n) is 6.33. The molecule has 3 saturated heterocycles. The number of aliphatic hydroxyl groups is 1. The number of hydrogen-bond acceptors (Lipinski definition) is 7. The molecule has 9 heteroatoms. The van der Waals surface area contributed by atoms with Gasteiger partial charge in [0, 0.05) is 42.7 Å². The number of nitrogens with zero attached hydrogens (tertiary/aromatic N) is 2. The van der Waals surface area contributed by atoms with Crippen molar-refractivity contribution in [3.05, 3.63) is 65.2 Å². The minimum atomic E-state index is -0.997. The number of carbonyl (C=O) groups excluding carboxylic acids is 1. The van der Waals surface area contributed by atoms with Crippen LogP contribution in [0.25, 0.3) is 0 Å². The van der Waals surface area contributed by atoms with Crippen LogP contribution in [0, 0.1) is 5.92 Å². The van der Waals surface area contributed by atoms with Crippen LogP contribution in [0.4, 0.5) is 5.69 Å². The predicted molar refractivity (Wildman–Crippen MR) is 155 cm³/mol. The van der Waals surface area contributed by atoms with Gasteiger partial charge in [0.2, 0.25) is 5.91 Å². The van der Waals surface area contributed by atoms with E-state index in [1.54, 1.807) is 12.1 Å². The number of carboxylic acids is 1. The number of likely N-dealkylation sites (tertiary alicyclic amines) is 2. The topological polar surface area (TPSA) is 112 Å². The van der Waals surface area contributed by atoms with E-state index in [4.69, 9.17) is 14.6 Å². The number of anilines is 1. The zero-order valence-corrected chi connectivity index (χ0v) is 23.9. The number of nitrogens with one attached hydrogen (secondary N) is 1. The molecule has 0 aliphatic carbocycles. The van der Waals surface area contributed by atoms with Crippen LogP contribution >= 0.6 is 0 Å². The maximum Gasteiger partial charge on any atom is 0.303 e. The summed E-state index contributed by atoms with van der Waals surface area (Å²) in [7, 11) is 0. The van der Waals surface area contributed by atoms with E-state index in [2.05, 4.69) is 22.0 Å². The average molecular weight is 566 g/mol. The monoisotopic (exact) mass is 565 g/mol. The van der Waals surface area contributed by atoms with E-state index in [0.717, 1.165) is 36.3 Å². The van der Waals surface area contributed by atoms with Crippen molar-refractivity contribution in [1.29, 1.82) is 0 Å². The number of rotatable bonds is 11. The fourth-order valence-corrected chi connectivity index (χ4v) is 6.33. The highest BCUT2D eigenvalue weighted by Crippen LogP contribution is 2.42. The number of aliphatic carboxylic acids is 1. The molecule has 3 fully saturated rings. The molecule has 222 valence electrons. The zero-order valence-electron chi connectivity index (χ0n) is 23.9. The lowest BCUT2D eigenvalue weighted by molar-refractivity contribution is -0.276. The van der Waals surface area contributed by atoms with Crippen LogP contribution in [0.1, 0.15) is 74.5 Å². The van der Waals surface area contributed by atoms with Gasteiger partial charge in [-0.3, -0.25) is 14.5 Å². The first-order chi connectivity index (χ1) is 19.9. The molecular weight excluding hydrogens is 522 g/mol. The van der Waals surface area contributed by atoms with Crippen molar-refractivity contribution in [2.24, 2.45) is 5.92 Å². The second-order valence-electron chi connectivity index (χ2n) is 11.7. The Morgan fingerprint density at radius 3 is 2.29 bits per heavy atom. The van der Waals surface area contributed by atoms with E-state index in [0.29, 0.717) is 11.7 Å². The van der Waals surface area contributed by atoms with Gasteiger partial charge >= 0.3 is 5.97 Å². The third kappa shape index (κ3) is 7.72. The summed E-state index contributed by atoms with van der Waals surface area (Å²) in [4.78, 5) is 28.1. The highest BCUT2D eigenvalue weighted by molar-refractivity contribution is 5.92. The molecule has 41 heavy (non-hydrogen) atoms. The third-order valence-corrected chi connectivity index (χ3v) is 8.74. The Labute approximate surface area is 242 Å². The number of carbonyl (C=O) groups is 2. The molecule has 0 bridgehead atoms. The van der Waals surface area contributed by atoms with Crippen LogP contribution in [0.3, 0.4) is 0 Å². The Hall–Kier alpha value is -2.82. The Morgan fingerprint density at radius 2 is 1.61 bits per heavy atom. The van der Waals surface area contributed by atoms with Gasteiger partial charge < -0.3 is 29.9 Å². The quantitative estimate of drug-likeness (QED) is 0.369. The predicted octanol–water partition coefficient (Wildman–Crippen LogP) is 4.33. The van der Waals surface area contributed by atoms with Gasteiger partial charge in [0.1, 0.15) is 0 Å². The van der Waals surface area contributed by atoms with E-state index < -0.39 is 12.3 Å². The van der Waals surface area contributed by atoms with Gasteiger partial charge in [0.25, 0.3) is 0 Å². The first kappa shape index (κ1) is 29.7. The first-order valence-corrected chi connectivity index (χ1v) is 15.0. The Bertz CT molecular complexity index is 1150. The maximum absolute atomic E-state index is 12.1. The molecule has 0 unspecified atom stereocenters. The molecule has 5 atom stereocenters. The van der Waals surface area contributed by atoms with Crippen molar-refractivity contribution < 1.29 is 29.3 Å². The van der Waals surface area contributed by atoms with Crippen LogP contribution < -0.4 is 5.32 Å². The third-order valence-electron chi connectivity index (χ3n) is 8.74. The number of amides is 1. The summed E-state index contributed by atoms with van der Waals surface area (Å²) in [5, 5.41) is 21.1. The minimum absolute atomic E-state index is 0.00226. The molecule has 2 aromatic carbocycles. The fraction of sp³-hybridized carbons (Fsp3) is 0.562. The number of ether oxygens (including phenoxy) is 2. The molecule has 2 aromatic rings. The molecule has 5 rings (SSSR count). The summed E-state index contributed by atoms with van der Waals surface area (Å²) in [6, 6.07) is 15.9. The van der Waals surface area contributed by atoms with Gasteiger partial charge in [-0.2, -0.15) is 0 Å². The standard InChI is InChI=1S/C32H43N3O6/c1-22-28(20-35-18-4-5-27(35)19-34-16-2-3-17-34)40-32(41-31(22)24-8-6-23(21-36)7-9-24)25-10-12-26(13-11-25)33-29(37)14-15-30(38)39/h6-13,22,27-28,31-32,36H,2-5,14-21H2,1H3,(H,33,37)(H,38,39)/t22-,27+,28+,31+,32+/m1/s1. The molecule has 0 radical (unpaired) electrons. The van der Waals surface area contributed by atoms with E-state index in [1.807, 2.05) is 36.4 Å². The minimum Gasteiger partial charge on any atom is -0.481 e. The second kappa shape index (κ2) is 13.9. The average Bonchev–Trinajstić information content (AvgIpc) is 3.66. The Morgan fingerprint density at radius 1 is 0.902 bits per heavy atom. The maximum atomic E-state index is 12.1. The molecular formula is C32H43N3O6. The molecule has 0 aromatic heterocycles. The van der Waals surface area contributed by atoms with Crippen LogP contribution in [0.15, 0.2) is 48.5 Å².